The minimum Gasteiger partial charge on any atom is -0.357 e. The summed E-state index contributed by atoms with van der Waals surface area (Å²) in [5.74, 6) is 1.42. The molecule has 2 rings (SSSR count). The number of aryl methyl sites for hydroxylation is 1. The van der Waals surface area contributed by atoms with Gasteiger partial charge < -0.3 is 10.6 Å². The van der Waals surface area contributed by atoms with Gasteiger partial charge in [0.1, 0.15) is 5.82 Å². The van der Waals surface area contributed by atoms with Crippen LogP contribution in [0.4, 0.5) is 17.5 Å². The second-order valence-corrected chi connectivity index (χ2v) is 4.70. The maximum atomic E-state index is 4.36. The number of rotatable bonds is 4. The predicted molar refractivity (Wildman–Crippen MR) is 77.8 cm³/mol. The van der Waals surface area contributed by atoms with Crippen LogP contribution < -0.4 is 10.6 Å². The maximum Gasteiger partial charge on any atom is 0.224 e. The van der Waals surface area contributed by atoms with Crippen molar-refractivity contribution in [2.75, 3.05) is 23.9 Å². The monoisotopic (exact) mass is 260 g/mol. The van der Waals surface area contributed by atoms with Crippen LogP contribution in [0.3, 0.4) is 0 Å². The minimum absolute atomic E-state index is 0.624. The summed E-state index contributed by atoms with van der Waals surface area (Å²) in [5.41, 5.74) is 1.96. The molecule has 0 amide bonds. The summed E-state index contributed by atoms with van der Waals surface area (Å²) in [5, 5.41) is 6.24. The lowest BCUT2D eigenvalue weighted by molar-refractivity contribution is 1.10. The van der Waals surface area contributed by atoms with Crippen LogP contribution in [0, 0.1) is 6.92 Å². The molecule has 4 nitrogen and oxygen atoms in total. The molecule has 18 heavy (non-hydrogen) atoms. The van der Waals surface area contributed by atoms with E-state index in [1.165, 1.54) is 4.90 Å². The number of anilines is 3. The zero-order valence-corrected chi connectivity index (χ0v) is 11.5. The van der Waals surface area contributed by atoms with E-state index in [1.54, 1.807) is 11.8 Å². The van der Waals surface area contributed by atoms with Gasteiger partial charge in [-0.15, -0.1) is 11.8 Å². The molecule has 0 aliphatic rings. The summed E-state index contributed by atoms with van der Waals surface area (Å²) in [6, 6.07) is 10.2. The SMILES string of the molecule is CNc1nc(C)cc(Nc2cccc(SC)c2)n1. The molecule has 1 aromatic carbocycles. The summed E-state index contributed by atoms with van der Waals surface area (Å²) < 4.78 is 0. The zero-order valence-electron chi connectivity index (χ0n) is 10.7. The number of aromatic nitrogens is 2. The van der Waals surface area contributed by atoms with E-state index < -0.39 is 0 Å². The smallest absolute Gasteiger partial charge is 0.224 e. The second kappa shape index (κ2) is 5.73. The molecule has 0 spiro atoms. The summed E-state index contributed by atoms with van der Waals surface area (Å²) in [6.45, 7) is 1.95. The molecule has 0 atom stereocenters. The Hall–Kier alpha value is -1.75. The molecule has 1 aromatic heterocycles. The molecular formula is C13H16N4S. The molecule has 94 valence electrons. The number of hydrogen-bond donors (Lipinski definition) is 2. The summed E-state index contributed by atoms with van der Waals surface area (Å²) in [4.78, 5) is 9.85. The number of nitrogens with one attached hydrogen (secondary N) is 2. The van der Waals surface area contributed by atoms with Crippen molar-refractivity contribution in [3.63, 3.8) is 0 Å². The highest BCUT2D eigenvalue weighted by atomic mass is 32.2. The van der Waals surface area contributed by atoms with Gasteiger partial charge in [0.15, 0.2) is 0 Å². The highest BCUT2D eigenvalue weighted by molar-refractivity contribution is 7.98. The quantitative estimate of drug-likeness (QED) is 0.826. The Labute approximate surface area is 111 Å². The Kier molecular flexibility index (Phi) is 4.04. The van der Waals surface area contributed by atoms with E-state index >= 15 is 0 Å². The lowest BCUT2D eigenvalue weighted by atomic mass is 10.3. The van der Waals surface area contributed by atoms with Gasteiger partial charge in [-0.2, -0.15) is 4.98 Å². The normalized spacial score (nSPS) is 10.2. The lowest BCUT2D eigenvalue weighted by Crippen LogP contribution is -2.01. The van der Waals surface area contributed by atoms with Crippen LogP contribution in [0.2, 0.25) is 0 Å². The van der Waals surface area contributed by atoms with Gasteiger partial charge in [0, 0.05) is 29.4 Å². The Morgan fingerprint density at radius 3 is 2.72 bits per heavy atom. The van der Waals surface area contributed by atoms with Crippen molar-refractivity contribution in [3.05, 3.63) is 36.0 Å². The number of thioether (sulfide) groups is 1. The number of benzene rings is 1. The van der Waals surface area contributed by atoms with Crippen LogP contribution in [0.1, 0.15) is 5.69 Å². The molecule has 0 radical (unpaired) electrons. The maximum absolute atomic E-state index is 4.36. The lowest BCUT2D eigenvalue weighted by Gasteiger charge is -2.09. The van der Waals surface area contributed by atoms with E-state index in [-0.39, 0.29) is 0 Å². The average Bonchev–Trinajstić information content (AvgIpc) is 2.38. The molecule has 0 aliphatic carbocycles. The summed E-state index contributed by atoms with van der Waals surface area (Å²) in [6.07, 6.45) is 2.06. The van der Waals surface area contributed by atoms with Gasteiger partial charge in [0.2, 0.25) is 5.95 Å². The van der Waals surface area contributed by atoms with Gasteiger partial charge in [0.25, 0.3) is 0 Å². The highest BCUT2D eigenvalue weighted by Gasteiger charge is 2.01. The third kappa shape index (κ3) is 3.13. The van der Waals surface area contributed by atoms with Crippen LogP contribution in [0.5, 0.6) is 0 Å². The van der Waals surface area contributed by atoms with E-state index in [4.69, 9.17) is 0 Å². The number of hydrogen-bond acceptors (Lipinski definition) is 5. The highest BCUT2D eigenvalue weighted by Crippen LogP contribution is 2.22. The predicted octanol–water partition coefficient (Wildman–Crippen LogP) is 3.29. The van der Waals surface area contributed by atoms with Crippen molar-refractivity contribution in [3.8, 4) is 0 Å². The molecule has 2 aromatic rings. The molecule has 0 saturated heterocycles. The zero-order chi connectivity index (χ0) is 13.0. The Balaban J connectivity index is 2.24. The van der Waals surface area contributed by atoms with Crippen LogP contribution >= 0.6 is 11.8 Å². The molecule has 1 heterocycles. The Bertz CT molecular complexity index is 542. The van der Waals surface area contributed by atoms with Gasteiger partial charge >= 0.3 is 0 Å². The molecule has 2 N–H and O–H groups in total. The van der Waals surface area contributed by atoms with Gasteiger partial charge in [-0.1, -0.05) is 6.07 Å². The van der Waals surface area contributed by atoms with Crippen molar-refractivity contribution in [2.45, 2.75) is 11.8 Å². The molecule has 0 bridgehead atoms. The fourth-order valence-corrected chi connectivity index (χ4v) is 2.05. The van der Waals surface area contributed by atoms with Crippen LogP contribution in [0.15, 0.2) is 35.2 Å². The molecule has 0 saturated carbocycles. The van der Waals surface area contributed by atoms with Gasteiger partial charge in [-0.3, -0.25) is 0 Å². The Morgan fingerprint density at radius 2 is 2.00 bits per heavy atom. The van der Waals surface area contributed by atoms with E-state index in [2.05, 4.69) is 39.0 Å². The van der Waals surface area contributed by atoms with Gasteiger partial charge in [-0.25, -0.2) is 4.98 Å². The van der Waals surface area contributed by atoms with Gasteiger partial charge in [-0.05, 0) is 31.4 Å². The van der Waals surface area contributed by atoms with Crippen molar-refractivity contribution in [2.24, 2.45) is 0 Å². The fraction of sp³-hybridized carbons (Fsp3) is 0.231. The van der Waals surface area contributed by atoms with Crippen LogP contribution in [-0.2, 0) is 0 Å². The van der Waals surface area contributed by atoms with Crippen molar-refractivity contribution in [1.82, 2.24) is 9.97 Å². The summed E-state index contributed by atoms with van der Waals surface area (Å²) >= 11 is 1.72. The topological polar surface area (TPSA) is 49.8 Å². The Morgan fingerprint density at radius 1 is 1.17 bits per heavy atom. The van der Waals surface area contributed by atoms with Gasteiger partial charge in [0.05, 0.1) is 0 Å². The average molecular weight is 260 g/mol. The number of nitrogens with zero attached hydrogens (tertiary/aromatic N) is 2. The first kappa shape index (κ1) is 12.7. The van der Waals surface area contributed by atoms with Crippen molar-refractivity contribution in [1.29, 1.82) is 0 Å². The van der Waals surface area contributed by atoms with Crippen molar-refractivity contribution < 1.29 is 0 Å². The van der Waals surface area contributed by atoms with E-state index in [0.29, 0.717) is 5.95 Å². The first-order valence-corrected chi connectivity index (χ1v) is 6.88. The minimum atomic E-state index is 0.624. The third-order valence-corrected chi connectivity index (χ3v) is 3.15. The molecule has 0 aliphatic heterocycles. The molecular weight excluding hydrogens is 244 g/mol. The van der Waals surface area contributed by atoms with E-state index in [0.717, 1.165) is 17.2 Å². The van der Waals surface area contributed by atoms with Crippen LogP contribution in [-0.4, -0.2) is 23.3 Å². The third-order valence-electron chi connectivity index (χ3n) is 2.42. The van der Waals surface area contributed by atoms with E-state index in [9.17, 15) is 0 Å². The largest absolute Gasteiger partial charge is 0.357 e. The molecule has 0 unspecified atom stereocenters. The van der Waals surface area contributed by atoms with Crippen LogP contribution in [0.25, 0.3) is 0 Å². The van der Waals surface area contributed by atoms with Crippen molar-refractivity contribution >= 4 is 29.2 Å². The molecule has 5 heteroatoms. The fourth-order valence-electron chi connectivity index (χ4n) is 1.59. The standard InChI is InChI=1S/C13H16N4S/c1-9-7-12(17-13(14-2)15-9)16-10-5-4-6-11(8-10)18-3/h4-8H,1-3H3,(H2,14,15,16,17). The first-order valence-electron chi connectivity index (χ1n) is 5.66. The first-order chi connectivity index (χ1) is 8.71. The second-order valence-electron chi connectivity index (χ2n) is 3.83. The molecule has 0 fully saturated rings. The summed E-state index contributed by atoms with van der Waals surface area (Å²) in [7, 11) is 1.81. The van der Waals surface area contributed by atoms with E-state index in [1.807, 2.05) is 32.2 Å².